The van der Waals surface area contributed by atoms with Crippen molar-refractivity contribution in [3.63, 3.8) is 0 Å². The fourth-order valence-electron chi connectivity index (χ4n) is 2.36. The van der Waals surface area contributed by atoms with E-state index in [1.807, 2.05) is 7.05 Å². The van der Waals surface area contributed by atoms with Crippen molar-refractivity contribution in [2.24, 2.45) is 0 Å². The zero-order valence-corrected chi connectivity index (χ0v) is 14.5. The van der Waals surface area contributed by atoms with Gasteiger partial charge in [-0.05, 0) is 48.4 Å². The third-order valence-electron chi connectivity index (χ3n) is 3.60. The lowest BCUT2D eigenvalue weighted by atomic mass is 10.2. The van der Waals surface area contributed by atoms with Crippen LogP contribution in [0.15, 0.2) is 21.6 Å². The highest BCUT2D eigenvalue weighted by atomic mass is 79.9. The second-order valence-corrected chi connectivity index (χ2v) is 8.29. The van der Waals surface area contributed by atoms with Crippen molar-refractivity contribution < 1.29 is 8.42 Å². The molecule has 0 amide bonds. The standard InChI is InChI=1S/C12H17BrClN3O2S/c1-16-5-3-4-10(16)8-17(2)20(18,19)11-6-9(13)7-15-12(11)14/h6-7,10H,3-5,8H2,1-2H3. The molecule has 1 unspecified atom stereocenters. The lowest BCUT2D eigenvalue weighted by Gasteiger charge is -2.25. The normalized spacial score (nSPS) is 20.8. The average Bonchev–Trinajstić information content (AvgIpc) is 2.78. The van der Waals surface area contributed by atoms with Crippen molar-refractivity contribution in [2.45, 2.75) is 23.8 Å². The molecule has 1 aromatic heterocycles. The summed E-state index contributed by atoms with van der Waals surface area (Å²) in [5.74, 6) is 0. The van der Waals surface area contributed by atoms with Crippen LogP contribution >= 0.6 is 27.5 Å². The Morgan fingerprint density at radius 1 is 1.60 bits per heavy atom. The number of nitrogens with zero attached hydrogens (tertiary/aromatic N) is 3. The minimum absolute atomic E-state index is 0.000161. The van der Waals surface area contributed by atoms with Gasteiger partial charge in [0.05, 0.1) is 0 Å². The Balaban J connectivity index is 2.23. The van der Waals surface area contributed by atoms with Crippen molar-refractivity contribution in [1.82, 2.24) is 14.2 Å². The second kappa shape index (κ2) is 6.27. The first-order chi connectivity index (χ1) is 9.32. The van der Waals surface area contributed by atoms with E-state index in [9.17, 15) is 8.42 Å². The van der Waals surface area contributed by atoms with E-state index in [0.29, 0.717) is 11.0 Å². The van der Waals surface area contributed by atoms with Gasteiger partial charge in [-0.3, -0.25) is 0 Å². The van der Waals surface area contributed by atoms with Crippen LogP contribution in [0.3, 0.4) is 0 Å². The predicted octanol–water partition coefficient (Wildman–Crippen LogP) is 2.21. The van der Waals surface area contributed by atoms with Crippen LogP contribution in [0, 0.1) is 0 Å². The number of likely N-dealkylation sites (N-methyl/N-ethyl adjacent to an activating group) is 2. The topological polar surface area (TPSA) is 53.5 Å². The van der Waals surface area contributed by atoms with E-state index in [1.54, 1.807) is 7.05 Å². The molecule has 20 heavy (non-hydrogen) atoms. The molecule has 2 rings (SSSR count). The summed E-state index contributed by atoms with van der Waals surface area (Å²) in [6.45, 7) is 1.47. The van der Waals surface area contributed by atoms with Crippen LogP contribution in [0.5, 0.6) is 0 Å². The van der Waals surface area contributed by atoms with E-state index in [0.717, 1.165) is 19.4 Å². The molecule has 1 fully saturated rings. The first-order valence-electron chi connectivity index (χ1n) is 6.30. The Bertz CT molecular complexity index is 596. The van der Waals surface area contributed by atoms with Crippen LogP contribution in [-0.2, 0) is 10.0 Å². The number of aromatic nitrogens is 1. The smallest absolute Gasteiger partial charge is 0.245 e. The molecular weight excluding hydrogens is 366 g/mol. The summed E-state index contributed by atoms with van der Waals surface area (Å²) in [6, 6.07) is 1.74. The van der Waals surface area contributed by atoms with Gasteiger partial charge in [-0.1, -0.05) is 11.6 Å². The maximum absolute atomic E-state index is 12.6. The maximum Gasteiger partial charge on any atom is 0.245 e. The Morgan fingerprint density at radius 2 is 2.30 bits per heavy atom. The van der Waals surface area contributed by atoms with Crippen molar-refractivity contribution in [2.75, 3.05) is 27.2 Å². The Hall–Kier alpha value is -0.210. The van der Waals surface area contributed by atoms with Crippen LogP contribution in [0.25, 0.3) is 0 Å². The first-order valence-corrected chi connectivity index (χ1v) is 8.91. The van der Waals surface area contributed by atoms with Crippen molar-refractivity contribution in [3.05, 3.63) is 21.9 Å². The number of halogens is 2. The fraction of sp³-hybridized carbons (Fsp3) is 0.583. The van der Waals surface area contributed by atoms with Gasteiger partial charge in [0.2, 0.25) is 10.0 Å². The molecule has 0 aliphatic carbocycles. The number of sulfonamides is 1. The summed E-state index contributed by atoms with van der Waals surface area (Å²) in [5.41, 5.74) is 0. The number of pyridine rings is 1. The molecule has 5 nitrogen and oxygen atoms in total. The van der Waals surface area contributed by atoms with Gasteiger partial charge in [0.1, 0.15) is 10.0 Å². The minimum Gasteiger partial charge on any atom is -0.302 e. The quantitative estimate of drug-likeness (QED) is 0.749. The van der Waals surface area contributed by atoms with Gasteiger partial charge in [-0.25, -0.2) is 13.4 Å². The van der Waals surface area contributed by atoms with E-state index in [2.05, 4.69) is 25.8 Å². The van der Waals surface area contributed by atoms with Gasteiger partial charge in [-0.15, -0.1) is 0 Å². The molecule has 8 heteroatoms. The van der Waals surface area contributed by atoms with Gasteiger partial charge < -0.3 is 4.90 Å². The van der Waals surface area contributed by atoms with Gasteiger partial charge >= 0.3 is 0 Å². The highest BCUT2D eigenvalue weighted by molar-refractivity contribution is 9.10. The zero-order chi connectivity index (χ0) is 14.9. The number of hydrogen-bond donors (Lipinski definition) is 0. The summed E-state index contributed by atoms with van der Waals surface area (Å²) in [4.78, 5) is 6.10. The van der Waals surface area contributed by atoms with E-state index in [-0.39, 0.29) is 16.1 Å². The molecule has 0 radical (unpaired) electrons. The molecule has 1 aromatic rings. The molecular formula is C12H17BrClN3O2S. The SMILES string of the molecule is CN1CCCC1CN(C)S(=O)(=O)c1cc(Br)cnc1Cl. The maximum atomic E-state index is 12.6. The van der Waals surface area contributed by atoms with Crippen LogP contribution in [0.1, 0.15) is 12.8 Å². The fourth-order valence-corrected chi connectivity index (χ4v) is 4.48. The number of hydrogen-bond acceptors (Lipinski definition) is 4. The Morgan fingerprint density at radius 3 is 2.90 bits per heavy atom. The molecule has 0 aromatic carbocycles. The van der Waals surface area contributed by atoms with Crippen molar-refractivity contribution >= 4 is 37.6 Å². The number of likely N-dealkylation sites (tertiary alicyclic amines) is 1. The largest absolute Gasteiger partial charge is 0.302 e. The third-order valence-corrected chi connectivity index (χ3v) is 6.28. The van der Waals surface area contributed by atoms with Crippen LogP contribution in [-0.4, -0.2) is 55.8 Å². The molecule has 112 valence electrons. The summed E-state index contributed by atoms with van der Waals surface area (Å²) in [7, 11) is -0.0192. The lowest BCUT2D eigenvalue weighted by molar-refractivity contribution is 0.271. The highest BCUT2D eigenvalue weighted by Gasteiger charge is 2.29. The second-order valence-electron chi connectivity index (χ2n) is 5.00. The van der Waals surface area contributed by atoms with Crippen molar-refractivity contribution in [1.29, 1.82) is 0 Å². The van der Waals surface area contributed by atoms with Crippen molar-refractivity contribution in [3.8, 4) is 0 Å². The molecule has 0 spiro atoms. The summed E-state index contributed by atoms with van der Waals surface area (Å²) in [5, 5.41) is -0.000161. The van der Waals surface area contributed by atoms with E-state index in [4.69, 9.17) is 11.6 Å². The molecule has 0 bridgehead atoms. The zero-order valence-electron chi connectivity index (χ0n) is 11.4. The van der Waals surface area contributed by atoms with E-state index >= 15 is 0 Å². The molecule has 1 saturated heterocycles. The molecule has 1 aliphatic heterocycles. The molecule has 1 atom stereocenters. The molecule has 0 N–H and O–H groups in total. The van der Waals surface area contributed by atoms with Crippen LogP contribution in [0.4, 0.5) is 0 Å². The highest BCUT2D eigenvalue weighted by Crippen LogP contribution is 2.26. The third kappa shape index (κ3) is 3.33. The minimum atomic E-state index is -3.62. The van der Waals surface area contributed by atoms with E-state index in [1.165, 1.54) is 16.6 Å². The van der Waals surface area contributed by atoms with E-state index < -0.39 is 10.0 Å². The Labute approximate surface area is 133 Å². The lowest BCUT2D eigenvalue weighted by Crippen LogP contribution is -2.39. The molecule has 2 heterocycles. The molecule has 0 saturated carbocycles. The average molecular weight is 383 g/mol. The summed E-state index contributed by atoms with van der Waals surface area (Å²) in [6.07, 6.45) is 3.60. The summed E-state index contributed by atoms with van der Waals surface area (Å²) < 4.78 is 27.1. The molecule has 1 aliphatic rings. The van der Waals surface area contributed by atoms with Gasteiger partial charge in [0.25, 0.3) is 0 Å². The van der Waals surface area contributed by atoms with Gasteiger partial charge in [-0.2, -0.15) is 4.31 Å². The van der Waals surface area contributed by atoms with Gasteiger partial charge in [0, 0.05) is 30.3 Å². The monoisotopic (exact) mass is 381 g/mol. The number of rotatable bonds is 4. The van der Waals surface area contributed by atoms with Gasteiger partial charge in [0.15, 0.2) is 0 Å². The van der Waals surface area contributed by atoms with Crippen LogP contribution < -0.4 is 0 Å². The first kappa shape index (κ1) is 16.2. The Kier molecular flexibility index (Phi) is 5.07. The van der Waals surface area contributed by atoms with Crippen LogP contribution in [0.2, 0.25) is 5.15 Å². The summed E-state index contributed by atoms with van der Waals surface area (Å²) >= 11 is 9.15. The predicted molar refractivity (Wildman–Crippen MR) is 82.4 cm³/mol.